The molecule has 0 unspecified atom stereocenters. The Bertz CT molecular complexity index is 1170. The highest BCUT2D eigenvalue weighted by Crippen LogP contribution is 2.31. The number of methoxy groups -OCH3 is 1. The summed E-state index contributed by atoms with van der Waals surface area (Å²) >= 11 is 6.17. The van der Waals surface area contributed by atoms with Crippen LogP contribution in [-0.4, -0.2) is 69.9 Å². The molecule has 2 aliphatic heterocycles. The normalized spacial score (nSPS) is 19.8. The van der Waals surface area contributed by atoms with E-state index >= 15 is 0 Å². The first-order valence-corrected chi connectivity index (χ1v) is 13.2. The molecule has 7 nitrogen and oxygen atoms in total. The molecule has 4 rings (SSSR count). The predicted octanol–water partition coefficient (Wildman–Crippen LogP) is 3.55. The van der Waals surface area contributed by atoms with Crippen LogP contribution >= 0.6 is 11.6 Å². The van der Waals surface area contributed by atoms with Gasteiger partial charge in [-0.1, -0.05) is 17.7 Å². The highest BCUT2D eigenvalue weighted by molar-refractivity contribution is 7.89. The van der Waals surface area contributed by atoms with Gasteiger partial charge in [-0.2, -0.15) is 4.31 Å². The first kappa shape index (κ1) is 24.8. The number of hydrogen-bond acceptors (Lipinski definition) is 5. The van der Waals surface area contributed by atoms with Crippen molar-refractivity contribution in [2.24, 2.45) is 5.92 Å². The first-order chi connectivity index (χ1) is 16.2. The molecule has 10 heteroatoms. The van der Waals surface area contributed by atoms with Crippen LogP contribution in [0, 0.1) is 18.7 Å². The van der Waals surface area contributed by atoms with E-state index in [1.165, 1.54) is 17.5 Å². The summed E-state index contributed by atoms with van der Waals surface area (Å²) in [6.45, 7) is 4.89. The highest BCUT2D eigenvalue weighted by atomic mass is 35.5. The maximum Gasteiger partial charge on any atom is 0.246 e. The Labute approximate surface area is 205 Å². The second-order valence-corrected chi connectivity index (χ2v) is 11.1. The third kappa shape index (κ3) is 5.01. The van der Waals surface area contributed by atoms with Crippen LogP contribution in [0.1, 0.15) is 18.4 Å². The van der Waals surface area contributed by atoms with E-state index in [0.29, 0.717) is 44.0 Å². The lowest BCUT2D eigenvalue weighted by atomic mass is 9.97. The zero-order valence-electron chi connectivity index (χ0n) is 19.3. The number of nitrogens with zero attached hydrogens (tertiary/aromatic N) is 3. The molecule has 34 heavy (non-hydrogen) atoms. The molecule has 0 aromatic heterocycles. The molecule has 2 aliphatic rings. The van der Waals surface area contributed by atoms with Crippen molar-refractivity contribution in [3.8, 4) is 5.75 Å². The molecule has 0 N–H and O–H groups in total. The fraction of sp³-hybridized carbons (Fsp3) is 0.458. The molecule has 184 valence electrons. The van der Waals surface area contributed by atoms with E-state index in [9.17, 15) is 17.6 Å². The van der Waals surface area contributed by atoms with Gasteiger partial charge < -0.3 is 14.5 Å². The minimum absolute atomic E-state index is 0.0337. The van der Waals surface area contributed by atoms with E-state index in [1.54, 1.807) is 0 Å². The number of amides is 1. The number of anilines is 1. The molecule has 2 fully saturated rings. The number of sulfonamides is 1. The van der Waals surface area contributed by atoms with Crippen molar-refractivity contribution in [3.63, 3.8) is 0 Å². The molecule has 2 aromatic carbocycles. The number of piperazine rings is 1. The maximum absolute atomic E-state index is 13.8. The van der Waals surface area contributed by atoms with Crippen molar-refractivity contribution in [1.82, 2.24) is 9.21 Å². The lowest BCUT2D eigenvalue weighted by Gasteiger charge is -2.40. The largest absolute Gasteiger partial charge is 0.495 e. The smallest absolute Gasteiger partial charge is 0.246 e. The Morgan fingerprint density at radius 1 is 1.09 bits per heavy atom. The van der Waals surface area contributed by atoms with Crippen LogP contribution in [0.2, 0.25) is 5.02 Å². The van der Waals surface area contributed by atoms with Gasteiger partial charge in [0.2, 0.25) is 15.9 Å². The SMILES string of the molecule is COc1ccc(F)cc1S(=O)(=O)N1CCC[C@H](C(=O)N2CCN(c3cc(Cl)ccc3C)CC2)C1. The number of aryl methyl sites for hydroxylation is 1. The van der Waals surface area contributed by atoms with Crippen molar-refractivity contribution in [3.05, 3.63) is 52.8 Å². The van der Waals surface area contributed by atoms with Crippen LogP contribution in [0.25, 0.3) is 0 Å². The second-order valence-electron chi connectivity index (χ2n) is 8.74. The molecule has 0 aliphatic carbocycles. The van der Waals surface area contributed by atoms with E-state index in [-0.39, 0.29) is 29.6 Å². The summed E-state index contributed by atoms with van der Waals surface area (Å²) in [5.74, 6) is -1.03. The number of piperidine rings is 1. The topological polar surface area (TPSA) is 70.2 Å². The van der Waals surface area contributed by atoms with Gasteiger partial charge in [0, 0.05) is 50.0 Å². The van der Waals surface area contributed by atoms with E-state index in [4.69, 9.17) is 16.3 Å². The number of ether oxygens (including phenoxy) is 1. The van der Waals surface area contributed by atoms with E-state index < -0.39 is 21.8 Å². The van der Waals surface area contributed by atoms with Crippen LogP contribution in [0.3, 0.4) is 0 Å². The lowest BCUT2D eigenvalue weighted by Crippen LogP contribution is -2.53. The van der Waals surface area contributed by atoms with Gasteiger partial charge >= 0.3 is 0 Å². The molecule has 2 aromatic rings. The summed E-state index contributed by atoms with van der Waals surface area (Å²) in [6.07, 6.45) is 1.19. The monoisotopic (exact) mass is 509 g/mol. The van der Waals surface area contributed by atoms with Crippen LogP contribution < -0.4 is 9.64 Å². The molecule has 1 atom stereocenters. The Balaban J connectivity index is 1.43. The Morgan fingerprint density at radius 3 is 2.53 bits per heavy atom. The van der Waals surface area contributed by atoms with Crippen LogP contribution in [0.15, 0.2) is 41.3 Å². The molecule has 0 spiro atoms. The number of carbonyl (C=O) groups excluding carboxylic acids is 1. The number of halogens is 2. The standard InChI is InChI=1S/C24H29ClFN3O4S/c1-17-5-6-19(25)14-21(17)27-10-12-28(13-11-27)24(30)18-4-3-9-29(16-18)34(31,32)23-15-20(26)7-8-22(23)33-2/h5-8,14-15,18H,3-4,9-13,16H2,1-2H3/t18-/m0/s1. The fourth-order valence-electron chi connectivity index (χ4n) is 4.70. The summed E-state index contributed by atoms with van der Waals surface area (Å²) in [6, 6.07) is 9.22. The maximum atomic E-state index is 13.8. The average molecular weight is 510 g/mol. The third-order valence-corrected chi connectivity index (χ3v) is 8.70. The minimum atomic E-state index is -4.00. The number of rotatable bonds is 5. The molecule has 2 saturated heterocycles. The summed E-state index contributed by atoms with van der Waals surface area (Å²) in [7, 11) is -2.65. The van der Waals surface area contributed by atoms with Crippen molar-refractivity contribution >= 4 is 33.2 Å². The summed E-state index contributed by atoms with van der Waals surface area (Å²) in [5.41, 5.74) is 2.20. The fourth-order valence-corrected chi connectivity index (χ4v) is 6.56. The number of hydrogen-bond donors (Lipinski definition) is 0. The van der Waals surface area contributed by atoms with E-state index in [2.05, 4.69) is 4.90 Å². The number of carbonyl (C=O) groups is 1. The molecule has 2 heterocycles. The van der Waals surface area contributed by atoms with Gasteiger partial charge in [-0.3, -0.25) is 4.79 Å². The zero-order valence-corrected chi connectivity index (χ0v) is 20.9. The second kappa shape index (κ2) is 10.1. The third-order valence-electron chi connectivity index (χ3n) is 6.58. The molecule has 0 saturated carbocycles. The van der Waals surface area contributed by atoms with Crippen molar-refractivity contribution in [2.45, 2.75) is 24.7 Å². The average Bonchev–Trinajstić information content (AvgIpc) is 2.85. The van der Waals surface area contributed by atoms with Gasteiger partial charge in [-0.25, -0.2) is 12.8 Å². The highest BCUT2D eigenvalue weighted by Gasteiger charge is 2.37. The number of benzene rings is 2. The van der Waals surface area contributed by atoms with E-state index in [1.807, 2.05) is 30.0 Å². The molecule has 0 radical (unpaired) electrons. The van der Waals surface area contributed by atoms with Gasteiger partial charge in [-0.05, 0) is 55.7 Å². The molecular weight excluding hydrogens is 481 g/mol. The van der Waals surface area contributed by atoms with Crippen molar-refractivity contribution in [2.75, 3.05) is 51.3 Å². The molecule has 1 amide bonds. The Kier molecular flexibility index (Phi) is 7.35. The van der Waals surface area contributed by atoms with E-state index in [0.717, 1.165) is 23.4 Å². The van der Waals surface area contributed by atoms with Crippen molar-refractivity contribution < 1.29 is 22.3 Å². The zero-order chi connectivity index (χ0) is 24.5. The molecular formula is C24H29ClFN3O4S. The summed E-state index contributed by atoms with van der Waals surface area (Å²) in [4.78, 5) is 17.1. The van der Waals surface area contributed by atoms with Crippen LogP contribution in [0.4, 0.5) is 10.1 Å². The minimum Gasteiger partial charge on any atom is -0.495 e. The van der Waals surface area contributed by atoms with Crippen molar-refractivity contribution in [1.29, 1.82) is 0 Å². The molecule has 0 bridgehead atoms. The van der Waals surface area contributed by atoms with Gasteiger partial charge in [0.05, 0.1) is 13.0 Å². The van der Waals surface area contributed by atoms with Crippen LogP contribution in [0.5, 0.6) is 5.75 Å². The lowest BCUT2D eigenvalue weighted by molar-refractivity contribution is -0.137. The Morgan fingerprint density at radius 2 is 1.82 bits per heavy atom. The Hall–Kier alpha value is -2.36. The quantitative estimate of drug-likeness (QED) is 0.616. The van der Waals surface area contributed by atoms with Gasteiger partial charge in [0.25, 0.3) is 0 Å². The van der Waals surface area contributed by atoms with Gasteiger partial charge in [0.15, 0.2) is 0 Å². The van der Waals surface area contributed by atoms with Crippen LogP contribution in [-0.2, 0) is 14.8 Å². The first-order valence-electron chi connectivity index (χ1n) is 11.3. The van der Waals surface area contributed by atoms with Gasteiger partial charge in [0.1, 0.15) is 16.5 Å². The summed E-state index contributed by atoms with van der Waals surface area (Å²) in [5, 5.41) is 0.678. The summed E-state index contributed by atoms with van der Waals surface area (Å²) < 4.78 is 46.8. The predicted molar refractivity (Wildman–Crippen MR) is 129 cm³/mol. The van der Waals surface area contributed by atoms with Gasteiger partial charge in [-0.15, -0.1) is 0 Å².